The highest BCUT2D eigenvalue weighted by Crippen LogP contribution is 2.25. The van der Waals surface area contributed by atoms with E-state index in [1.165, 1.54) is 24.3 Å². The number of nitrogens with two attached hydrogens (primary N) is 1. The summed E-state index contributed by atoms with van der Waals surface area (Å²) in [5, 5.41) is 5.05. The van der Waals surface area contributed by atoms with E-state index in [2.05, 4.69) is 13.8 Å². The lowest BCUT2D eigenvalue weighted by molar-refractivity contribution is 0.0667. The van der Waals surface area contributed by atoms with Crippen LogP contribution in [0.4, 0.5) is 0 Å². The molecule has 1 amide bonds. The van der Waals surface area contributed by atoms with Gasteiger partial charge in [0, 0.05) is 18.7 Å². The van der Waals surface area contributed by atoms with Crippen molar-refractivity contribution in [1.29, 1.82) is 0 Å². The molecule has 0 radical (unpaired) electrons. The largest absolute Gasteiger partial charge is 0.339 e. The second-order valence-corrected chi connectivity index (χ2v) is 7.50. The number of likely N-dealkylation sites (tertiary alicyclic amines) is 1. The summed E-state index contributed by atoms with van der Waals surface area (Å²) in [7, 11) is -3.71. The number of carbonyl (C=O) groups excluding carboxylic acids is 1. The van der Waals surface area contributed by atoms with Crippen LogP contribution in [0.2, 0.25) is 0 Å². The first kappa shape index (κ1) is 16.0. The molecule has 1 saturated heterocycles. The zero-order valence-electron chi connectivity index (χ0n) is 12.5. The monoisotopic (exact) mass is 310 g/mol. The van der Waals surface area contributed by atoms with E-state index in [-0.39, 0.29) is 10.8 Å². The van der Waals surface area contributed by atoms with Crippen molar-refractivity contribution in [2.45, 2.75) is 31.6 Å². The summed E-state index contributed by atoms with van der Waals surface area (Å²) in [5.41, 5.74) is 0.505. The molecular formula is C15H22N2O3S. The summed E-state index contributed by atoms with van der Waals surface area (Å²) in [5.74, 6) is 1.29. The Morgan fingerprint density at radius 1 is 1.19 bits per heavy atom. The lowest BCUT2D eigenvalue weighted by Gasteiger charge is -2.34. The van der Waals surface area contributed by atoms with Crippen LogP contribution in [-0.2, 0) is 10.0 Å². The van der Waals surface area contributed by atoms with Gasteiger partial charge in [0.2, 0.25) is 10.0 Å². The summed E-state index contributed by atoms with van der Waals surface area (Å²) >= 11 is 0. The van der Waals surface area contributed by atoms with E-state index in [0.717, 1.165) is 25.9 Å². The summed E-state index contributed by atoms with van der Waals surface area (Å²) < 4.78 is 22.4. The third-order valence-corrected chi connectivity index (χ3v) is 5.13. The van der Waals surface area contributed by atoms with Crippen molar-refractivity contribution in [3.63, 3.8) is 0 Å². The van der Waals surface area contributed by atoms with Gasteiger partial charge in [-0.3, -0.25) is 4.79 Å². The molecule has 6 heteroatoms. The Kier molecular flexibility index (Phi) is 4.68. The lowest BCUT2D eigenvalue weighted by atomic mass is 9.86. The van der Waals surface area contributed by atoms with Crippen LogP contribution < -0.4 is 5.14 Å². The number of nitrogens with zero attached hydrogens (tertiary/aromatic N) is 1. The van der Waals surface area contributed by atoms with Gasteiger partial charge >= 0.3 is 0 Å². The van der Waals surface area contributed by atoms with Gasteiger partial charge in [0.05, 0.1) is 4.90 Å². The predicted octanol–water partition coefficient (Wildman–Crippen LogP) is 1.84. The topological polar surface area (TPSA) is 80.5 Å². The van der Waals surface area contributed by atoms with Crippen LogP contribution in [0.3, 0.4) is 0 Å². The van der Waals surface area contributed by atoms with Crippen molar-refractivity contribution in [1.82, 2.24) is 4.90 Å². The van der Waals surface area contributed by atoms with Crippen molar-refractivity contribution in [2.75, 3.05) is 13.1 Å². The maximum absolute atomic E-state index is 12.4. The first-order valence-corrected chi connectivity index (χ1v) is 8.76. The maximum Gasteiger partial charge on any atom is 0.253 e. The molecule has 1 heterocycles. The van der Waals surface area contributed by atoms with E-state index in [4.69, 9.17) is 5.14 Å². The van der Waals surface area contributed by atoms with Crippen molar-refractivity contribution in [3.8, 4) is 0 Å². The third-order valence-electron chi connectivity index (χ3n) is 4.20. The number of sulfonamides is 1. The average molecular weight is 310 g/mol. The highest BCUT2D eigenvalue weighted by Gasteiger charge is 2.25. The molecular weight excluding hydrogens is 288 g/mol. The summed E-state index contributed by atoms with van der Waals surface area (Å²) in [4.78, 5) is 14.2. The van der Waals surface area contributed by atoms with Gasteiger partial charge in [-0.25, -0.2) is 13.6 Å². The molecule has 21 heavy (non-hydrogen) atoms. The van der Waals surface area contributed by atoms with Gasteiger partial charge in [0.15, 0.2) is 0 Å². The molecule has 0 aromatic heterocycles. The van der Waals surface area contributed by atoms with E-state index in [1.807, 2.05) is 4.90 Å². The van der Waals surface area contributed by atoms with E-state index in [1.54, 1.807) is 0 Å². The van der Waals surface area contributed by atoms with Crippen molar-refractivity contribution < 1.29 is 13.2 Å². The Hall–Kier alpha value is -1.40. The Morgan fingerprint density at radius 3 is 2.14 bits per heavy atom. The Balaban J connectivity index is 2.04. The fourth-order valence-electron chi connectivity index (χ4n) is 2.74. The number of carbonyl (C=O) groups is 1. The number of benzene rings is 1. The molecule has 1 fully saturated rings. The van der Waals surface area contributed by atoms with Gasteiger partial charge in [-0.05, 0) is 48.9 Å². The number of hydrogen-bond donors (Lipinski definition) is 1. The SMILES string of the molecule is CC(C)C1CCN(C(=O)c2ccc(S(N)(=O)=O)cc2)CC1. The van der Waals surface area contributed by atoms with E-state index < -0.39 is 10.0 Å². The molecule has 5 nitrogen and oxygen atoms in total. The Morgan fingerprint density at radius 2 is 1.71 bits per heavy atom. The second kappa shape index (κ2) is 6.15. The summed E-state index contributed by atoms with van der Waals surface area (Å²) in [6.07, 6.45) is 2.05. The molecule has 116 valence electrons. The maximum atomic E-state index is 12.4. The molecule has 2 rings (SSSR count). The molecule has 1 aliphatic rings. The quantitative estimate of drug-likeness (QED) is 0.925. The van der Waals surface area contributed by atoms with Crippen LogP contribution in [0, 0.1) is 11.8 Å². The number of piperidine rings is 1. The van der Waals surface area contributed by atoms with Gasteiger partial charge < -0.3 is 4.90 Å². The van der Waals surface area contributed by atoms with Crippen LogP contribution in [0.1, 0.15) is 37.0 Å². The molecule has 0 aliphatic carbocycles. The van der Waals surface area contributed by atoms with Crippen molar-refractivity contribution in [2.24, 2.45) is 17.0 Å². The number of primary sulfonamides is 1. The van der Waals surface area contributed by atoms with E-state index in [9.17, 15) is 13.2 Å². The minimum atomic E-state index is -3.71. The van der Waals surface area contributed by atoms with E-state index in [0.29, 0.717) is 17.4 Å². The normalized spacial score (nSPS) is 17.2. The molecule has 0 spiro atoms. The lowest BCUT2D eigenvalue weighted by Crippen LogP contribution is -2.39. The summed E-state index contributed by atoms with van der Waals surface area (Å²) in [6.45, 7) is 5.96. The molecule has 0 unspecified atom stereocenters. The highest BCUT2D eigenvalue weighted by molar-refractivity contribution is 7.89. The zero-order valence-corrected chi connectivity index (χ0v) is 13.3. The van der Waals surface area contributed by atoms with Crippen LogP contribution >= 0.6 is 0 Å². The van der Waals surface area contributed by atoms with Crippen molar-refractivity contribution >= 4 is 15.9 Å². The van der Waals surface area contributed by atoms with Gasteiger partial charge in [-0.15, -0.1) is 0 Å². The molecule has 0 bridgehead atoms. The minimum absolute atomic E-state index is 0.0255. The van der Waals surface area contributed by atoms with Gasteiger partial charge in [0.25, 0.3) is 5.91 Å². The van der Waals surface area contributed by atoms with E-state index >= 15 is 0 Å². The van der Waals surface area contributed by atoms with Gasteiger partial charge in [-0.1, -0.05) is 13.8 Å². The molecule has 1 aromatic carbocycles. The summed E-state index contributed by atoms with van der Waals surface area (Å²) in [6, 6.07) is 5.81. The van der Waals surface area contributed by atoms with Crippen LogP contribution in [0.15, 0.2) is 29.2 Å². The van der Waals surface area contributed by atoms with Gasteiger partial charge in [0.1, 0.15) is 0 Å². The fraction of sp³-hybridized carbons (Fsp3) is 0.533. The predicted molar refractivity (Wildman–Crippen MR) is 81.3 cm³/mol. The number of rotatable bonds is 3. The minimum Gasteiger partial charge on any atom is -0.339 e. The van der Waals surface area contributed by atoms with Crippen LogP contribution in [0.5, 0.6) is 0 Å². The smallest absolute Gasteiger partial charge is 0.253 e. The average Bonchev–Trinajstić information content (AvgIpc) is 2.46. The fourth-order valence-corrected chi connectivity index (χ4v) is 3.25. The first-order valence-electron chi connectivity index (χ1n) is 7.21. The number of hydrogen-bond acceptors (Lipinski definition) is 3. The molecule has 1 aromatic rings. The first-order chi connectivity index (χ1) is 9.79. The molecule has 2 N–H and O–H groups in total. The van der Waals surface area contributed by atoms with Crippen LogP contribution in [0.25, 0.3) is 0 Å². The second-order valence-electron chi connectivity index (χ2n) is 5.94. The molecule has 0 atom stereocenters. The number of amides is 1. The Labute approximate surface area is 126 Å². The van der Waals surface area contributed by atoms with Crippen LogP contribution in [-0.4, -0.2) is 32.3 Å². The zero-order chi connectivity index (χ0) is 15.6. The molecule has 1 aliphatic heterocycles. The highest BCUT2D eigenvalue weighted by atomic mass is 32.2. The molecule has 0 saturated carbocycles. The Bertz CT molecular complexity index is 600. The third kappa shape index (κ3) is 3.83. The standard InChI is InChI=1S/C15H22N2O3S/c1-11(2)12-7-9-17(10-8-12)15(18)13-3-5-14(6-4-13)21(16,19)20/h3-6,11-12H,7-10H2,1-2H3,(H2,16,19,20). The van der Waals surface area contributed by atoms with Gasteiger partial charge in [-0.2, -0.15) is 0 Å². The van der Waals surface area contributed by atoms with Crippen molar-refractivity contribution in [3.05, 3.63) is 29.8 Å².